The van der Waals surface area contributed by atoms with E-state index in [0.29, 0.717) is 33.0 Å². The SMILES string of the molecule is N#Cc1c(COc2ccc(Cl)cc2)nn2c(=O)c3ccccc3[nH]c12. The first-order valence-electron chi connectivity index (χ1n) is 7.48. The van der Waals surface area contributed by atoms with Crippen molar-refractivity contribution in [2.75, 3.05) is 0 Å². The molecule has 0 atom stereocenters. The van der Waals surface area contributed by atoms with Crippen LogP contribution in [0.15, 0.2) is 53.3 Å². The van der Waals surface area contributed by atoms with E-state index in [2.05, 4.69) is 16.2 Å². The number of nitrogens with zero attached hydrogens (tertiary/aromatic N) is 3. The van der Waals surface area contributed by atoms with Gasteiger partial charge in [-0.1, -0.05) is 23.7 Å². The third-order valence-corrected chi connectivity index (χ3v) is 4.11. The number of aromatic nitrogens is 3. The number of hydrogen-bond acceptors (Lipinski definition) is 4. The molecule has 2 heterocycles. The molecule has 2 aromatic heterocycles. The summed E-state index contributed by atoms with van der Waals surface area (Å²) in [7, 11) is 0. The van der Waals surface area contributed by atoms with Crippen molar-refractivity contribution in [3.05, 3.63) is 75.2 Å². The molecule has 1 N–H and O–H groups in total. The van der Waals surface area contributed by atoms with Crippen molar-refractivity contribution in [1.29, 1.82) is 5.26 Å². The van der Waals surface area contributed by atoms with Gasteiger partial charge in [-0.2, -0.15) is 14.9 Å². The van der Waals surface area contributed by atoms with Gasteiger partial charge in [0.1, 0.15) is 29.7 Å². The smallest absolute Gasteiger partial charge is 0.282 e. The largest absolute Gasteiger partial charge is 0.487 e. The first-order valence-corrected chi connectivity index (χ1v) is 7.86. The van der Waals surface area contributed by atoms with E-state index >= 15 is 0 Å². The zero-order chi connectivity index (χ0) is 17.4. The minimum Gasteiger partial charge on any atom is -0.487 e. The Balaban J connectivity index is 1.80. The maximum Gasteiger partial charge on any atom is 0.282 e. The van der Waals surface area contributed by atoms with Gasteiger partial charge in [0.25, 0.3) is 5.56 Å². The van der Waals surface area contributed by atoms with Crippen molar-refractivity contribution in [3.63, 3.8) is 0 Å². The number of benzene rings is 2. The summed E-state index contributed by atoms with van der Waals surface area (Å²) in [4.78, 5) is 15.7. The van der Waals surface area contributed by atoms with E-state index in [1.54, 1.807) is 42.5 Å². The van der Waals surface area contributed by atoms with Crippen molar-refractivity contribution in [2.24, 2.45) is 0 Å². The van der Waals surface area contributed by atoms with Crippen LogP contribution >= 0.6 is 11.6 Å². The molecule has 25 heavy (non-hydrogen) atoms. The first-order chi connectivity index (χ1) is 12.2. The van der Waals surface area contributed by atoms with Crippen LogP contribution in [0, 0.1) is 11.3 Å². The van der Waals surface area contributed by atoms with Gasteiger partial charge in [-0.15, -0.1) is 0 Å². The summed E-state index contributed by atoms with van der Waals surface area (Å²) >= 11 is 5.85. The normalized spacial score (nSPS) is 10.9. The number of rotatable bonds is 3. The van der Waals surface area contributed by atoms with Crippen LogP contribution in [-0.4, -0.2) is 14.6 Å². The lowest BCUT2D eigenvalue weighted by Crippen LogP contribution is -2.15. The average Bonchev–Trinajstić information content (AvgIpc) is 2.99. The van der Waals surface area contributed by atoms with E-state index in [1.807, 2.05) is 6.07 Å². The predicted molar refractivity (Wildman–Crippen MR) is 93.8 cm³/mol. The van der Waals surface area contributed by atoms with Crippen LogP contribution in [0.2, 0.25) is 5.02 Å². The maximum absolute atomic E-state index is 12.6. The highest BCUT2D eigenvalue weighted by Gasteiger charge is 2.17. The van der Waals surface area contributed by atoms with Gasteiger partial charge < -0.3 is 9.72 Å². The van der Waals surface area contributed by atoms with Crippen LogP contribution in [0.25, 0.3) is 16.6 Å². The lowest BCUT2D eigenvalue weighted by atomic mass is 10.2. The standard InChI is InChI=1S/C18H11ClN4O2/c19-11-5-7-12(8-6-11)25-10-16-14(9-20)17-21-15-4-2-1-3-13(15)18(24)23(17)22-16/h1-8,21H,10H2. The third-order valence-electron chi connectivity index (χ3n) is 3.86. The van der Waals surface area contributed by atoms with E-state index < -0.39 is 0 Å². The first kappa shape index (κ1) is 15.2. The van der Waals surface area contributed by atoms with Crippen molar-refractivity contribution in [2.45, 2.75) is 6.61 Å². The van der Waals surface area contributed by atoms with Crippen molar-refractivity contribution in [1.82, 2.24) is 14.6 Å². The fraction of sp³-hybridized carbons (Fsp3) is 0.0556. The molecule has 0 aliphatic rings. The lowest BCUT2D eigenvalue weighted by Gasteiger charge is -2.03. The molecule has 4 aromatic rings. The molecule has 0 bridgehead atoms. The molecule has 0 amide bonds. The molecular formula is C18H11ClN4O2. The Labute approximate surface area is 146 Å². The Morgan fingerprint density at radius 1 is 1.20 bits per heavy atom. The number of nitriles is 1. The second-order valence-corrected chi connectivity index (χ2v) is 5.85. The Hall–Kier alpha value is -3.30. The van der Waals surface area contributed by atoms with Gasteiger partial charge in [-0.25, -0.2) is 0 Å². The van der Waals surface area contributed by atoms with Gasteiger partial charge in [0, 0.05) is 5.02 Å². The molecule has 0 spiro atoms. The maximum atomic E-state index is 12.6. The highest BCUT2D eigenvalue weighted by molar-refractivity contribution is 6.30. The van der Waals surface area contributed by atoms with E-state index in [-0.39, 0.29) is 17.7 Å². The van der Waals surface area contributed by atoms with E-state index in [4.69, 9.17) is 16.3 Å². The minimum absolute atomic E-state index is 0.0653. The van der Waals surface area contributed by atoms with Gasteiger partial charge in [0.15, 0.2) is 5.65 Å². The quantitative estimate of drug-likeness (QED) is 0.614. The number of nitrogens with one attached hydrogen (secondary N) is 1. The fourth-order valence-corrected chi connectivity index (χ4v) is 2.77. The van der Waals surface area contributed by atoms with Crippen LogP contribution in [0.3, 0.4) is 0 Å². The molecule has 122 valence electrons. The van der Waals surface area contributed by atoms with Crippen molar-refractivity contribution in [3.8, 4) is 11.8 Å². The third kappa shape index (κ3) is 2.61. The highest BCUT2D eigenvalue weighted by atomic mass is 35.5. The number of H-pyrrole nitrogens is 1. The van der Waals surface area contributed by atoms with E-state index in [1.165, 1.54) is 4.52 Å². The number of aromatic amines is 1. The van der Waals surface area contributed by atoms with Crippen LogP contribution in [0.1, 0.15) is 11.3 Å². The minimum atomic E-state index is -0.279. The van der Waals surface area contributed by atoms with Crippen molar-refractivity contribution >= 4 is 28.2 Å². The van der Waals surface area contributed by atoms with E-state index in [9.17, 15) is 10.1 Å². The summed E-state index contributed by atoms with van der Waals surface area (Å²) in [6.07, 6.45) is 0. The molecule has 0 aliphatic heterocycles. The number of para-hydroxylation sites is 1. The molecule has 2 aromatic carbocycles. The Morgan fingerprint density at radius 3 is 2.72 bits per heavy atom. The fourth-order valence-electron chi connectivity index (χ4n) is 2.65. The summed E-state index contributed by atoms with van der Waals surface area (Å²) in [5.74, 6) is 0.599. The second kappa shape index (κ2) is 5.96. The second-order valence-electron chi connectivity index (χ2n) is 5.41. The lowest BCUT2D eigenvalue weighted by molar-refractivity contribution is 0.300. The number of fused-ring (bicyclic) bond motifs is 2. The van der Waals surface area contributed by atoms with Gasteiger partial charge in [0.2, 0.25) is 0 Å². The average molecular weight is 351 g/mol. The Kier molecular flexibility index (Phi) is 3.64. The zero-order valence-electron chi connectivity index (χ0n) is 12.9. The molecule has 7 heteroatoms. The molecule has 0 fully saturated rings. The summed E-state index contributed by atoms with van der Waals surface area (Å²) in [5.41, 5.74) is 1.42. The predicted octanol–water partition coefficient (Wildman–Crippen LogP) is 3.28. The molecule has 0 unspecified atom stereocenters. The molecule has 6 nitrogen and oxygen atoms in total. The van der Waals surface area contributed by atoms with Gasteiger partial charge in [0.05, 0.1) is 10.9 Å². The van der Waals surface area contributed by atoms with Crippen LogP contribution < -0.4 is 10.3 Å². The molecule has 0 radical (unpaired) electrons. The topological polar surface area (TPSA) is 83.2 Å². The highest BCUT2D eigenvalue weighted by Crippen LogP contribution is 2.19. The number of halogens is 1. The summed E-state index contributed by atoms with van der Waals surface area (Å²) in [6.45, 7) is 0.0653. The summed E-state index contributed by atoms with van der Waals surface area (Å²) in [6, 6.07) is 16.1. The molecule has 0 aliphatic carbocycles. The molecule has 0 saturated carbocycles. The van der Waals surface area contributed by atoms with Gasteiger partial charge in [-0.3, -0.25) is 4.79 Å². The van der Waals surface area contributed by atoms with Crippen LogP contribution in [0.5, 0.6) is 5.75 Å². The number of hydrogen-bond donors (Lipinski definition) is 1. The molecule has 4 rings (SSSR count). The number of ether oxygens (including phenoxy) is 1. The summed E-state index contributed by atoms with van der Waals surface area (Å²) < 4.78 is 6.86. The zero-order valence-corrected chi connectivity index (χ0v) is 13.6. The van der Waals surface area contributed by atoms with Crippen LogP contribution in [-0.2, 0) is 6.61 Å². The van der Waals surface area contributed by atoms with Gasteiger partial charge >= 0.3 is 0 Å². The molecular weight excluding hydrogens is 340 g/mol. The van der Waals surface area contributed by atoms with Crippen LogP contribution in [0.4, 0.5) is 0 Å². The van der Waals surface area contributed by atoms with E-state index in [0.717, 1.165) is 0 Å². The summed E-state index contributed by atoms with van der Waals surface area (Å²) in [5, 5.41) is 14.9. The monoisotopic (exact) mass is 350 g/mol. The van der Waals surface area contributed by atoms with Gasteiger partial charge in [-0.05, 0) is 36.4 Å². The van der Waals surface area contributed by atoms with Crippen molar-refractivity contribution < 1.29 is 4.74 Å². The molecule has 0 saturated heterocycles. The Bertz CT molecular complexity index is 1190. The Morgan fingerprint density at radius 2 is 1.96 bits per heavy atom.